The van der Waals surface area contributed by atoms with E-state index in [0.717, 1.165) is 4.47 Å². The SMILES string of the molecule is O=C(CCn1cnc2ccc(Br)cc2c1=O)NNC(=O)c1cccnc1. The van der Waals surface area contributed by atoms with Crippen molar-refractivity contribution < 1.29 is 9.59 Å². The molecule has 9 heteroatoms. The molecular weight excluding hydrogens is 402 g/mol. The standard InChI is InChI=1S/C17H14BrN5O3/c18-12-3-4-14-13(8-12)17(26)23(10-20-14)7-5-15(24)21-22-16(25)11-2-1-6-19-9-11/h1-4,6,8-10H,5,7H2,(H,21,24)(H,22,25). The van der Waals surface area contributed by atoms with Crippen molar-refractivity contribution in [1.29, 1.82) is 0 Å². The highest BCUT2D eigenvalue weighted by molar-refractivity contribution is 9.10. The van der Waals surface area contributed by atoms with Gasteiger partial charge in [0.05, 0.1) is 22.8 Å². The van der Waals surface area contributed by atoms with Crippen molar-refractivity contribution in [2.24, 2.45) is 0 Å². The molecule has 0 saturated carbocycles. The smallest absolute Gasteiger partial charge is 0.271 e. The number of hydrogen-bond donors (Lipinski definition) is 2. The van der Waals surface area contributed by atoms with Crippen molar-refractivity contribution in [1.82, 2.24) is 25.4 Å². The van der Waals surface area contributed by atoms with Gasteiger partial charge in [0.1, 0.15) is 0 Å². The molecule has 2 aromatic heterocycles. The van der Waals surface area contributed by atoms with Crippen LogP contribution in [0.4, 0.5) is 0 Å². The Morgan fingerprint density at radius 3 is 2.81 bits per heavy atom. The molecule has 0 radical (unpaired) electrons. The summed E-state index contributed by atoms with van der Waals surface area (Å²) in [6.45, 7) is 0.142. The van der Waals surface area contributed by atoms with Crippen molar-refractivity contribution in [3.8, 4) is 0 Å². The lowest BCUT2D eigenvalue weighted by Gasteiger charge is -2.09. The molecule has 0 aliphatic carbocycles. The molecule has 0 bridgehead atoms. The van der Waals surface area contributed by atoms with Gasteiger partial charge >= 0.3 is 0 Å². The number of carbonyl (C=O) groups is 2. The van der Waals surface area contributed by atoms with E-state index in [-0.39, 0.29) is 18.5 Å². The molecule has 2 amide bonds. The first-order valence-corrected chi connectivity index (χ1v) is 8.48. The molecule has 0 fully saturated rings. The molecule has 0 spiro atoms. The zero-order valence-corrected chi connectivity index (χ0v) is 15.1. The number of nitrogens with zero attached hydrogens (tertiary/aromatic N) is 3. The highest BCUT2D eigenvalue weighted by Crippen LogP contribution is 2.14. The molecule has 26 heavy (non-hydrogen) atoms. The third-order valence-corrected chi connectivity index (χ3v) is 4.10. The molecule has 2 N–H and O–H groups in total. The number of carbonyl (C=O) groups excluding carboxylic acids is 2. The molecule has 1 aromatic carbocycles. The van der Waals surface area contributed by atoms with Crippen LogP contribution >= 0.6 is 15.9 Å². The van der Waals surface area contributed by atoms with Crippen LogP contribution in [0.3, 0.4) is 0 Å². The van der Waals surface area contributed by atoms with E-state index in [1.54, 1.807) is 36.5 Å². The molecule has 8 nitrogen and oxygen atoms in total. The Kier molecular flexibility index (Phi) is 5.37. The second kappa shape index (κ2) is 7.87. The fraction of sp³-hybridized carbons (Fsp3) is 0.118. The van der Waals surface area contributed by atoms with Crippen LogP contribution in [0.5, 0.6) is 0 Å². The Morgan fingerprint density at radius 1 is 1.19 bits per heavy atom. The van der Waals surface area contributed by atoms with Crippen molar-refractivity contribution in [3.63, 3.8) is 0 Å². The fourth-order valence-electron chi connectivity index (χ4n) is 2.27. The molecule has 0 unspecified atom stereocenters. The van der Waals surface area contributed by atoms with Crippen LogP contribution in [0.1, 0.15) is 16.8 Å². The number of aromatic nitrogens is 3. The summed E-state index contributed by atoms with van der Waals surface area (Å²) in [5.74, 6) is -0.899. The molecule has 0 saturated heterocycles. The molecular formula is C17H14BrN5O3. The number of hydrazine groups is 1. The maximum absolute atomic E-state index is 12.4. The normalized spacial score (nSPS) is 10.5. The Hall–Kier alpha value is -3.07. The summed E-state index contributed by atoms with van der Waals surface area (Å²) in [6.07, 6.45) is 4.34. The lowest BCUT2D eigenvalue weighted by molar-refractivity contribution is -0.122. The molecule has 0 atom stereocenters. The second-order valence-electron chi connectivity index (χ2n) is 5.40. The van der Waals surface area contributed by atoms with Gasteiger partial charge < -0.3 is 0 Å². The zero-order chi connectivity index (χ0) is 18.5. The number of nitrogens with one attached hydrogen (secondary N) is 2. The zero-order valence-electron chi connectivity index (χ0n) is 13.5. The lowest BCUT2D eigenvalue weighted by atomic mass is 10.2. The minimum absolute atomic E-state index is 0.00835. The highest BCUT2D eigenvalue weighted by atomic mass is 79.9. The van der Waals surface area contributed by atoms with Gasteiger partial charge in [-0.05, 0) is 30.3 Å². The number of fused-ring (bicyclic) bond motifs is 1. The van der Waals surface area contributed by atoms with E-state index in [4.69, 9.17) is 0 Å². The van der Waals surface area contributed by atoms with Crippen LogP contribution in [0, 0.1) is 0 Å². The largest absolute Gasteiger partial charge is 0.298 e. The van der Waals surface area contributed by atoms with Crippen LogP contribution < -0.4 is 16.4 Å². The first kappa shape index (κ1) is 17.7. The van der Waals surface area contributed by atoms with Crippen LogP contribution in [0.25, 0.3) is 10.9 Å². The number of benzene rings is 1. The average Bonchev–Trinajstić information content (AvgIpc) is 2.66. The Labute approximate surface area is 156 Å². The Morgan fingerprint density at radius 2 is 2.04 bits per heavy atom. The van der Waals surface area contributed by atoms with E-state index in [9.17, 15) is 14.4 Å². The minimum Gasteiger partial charge on any atom is -0.298 e. The van der Waals surface area contributed by atoms with Gasteiger partial charge in [-0.2, -0.15) is 0 Å². The topological polar surface area (TPSA) is 106 Å². The van der Waals surface area contributed by atoms with Gasteiger partial charge in [0.15, 0.2) is 0 Å². The van der Waals surface area contributed by atoms with Crippen molar-refractivity contribution in [2.45, 2.75) is 13.0 Å². The summed E-state index contributed by atoms with van der Waals surface area (Å²) < 4.78 is 2.13. The predicted molar refractivity (Wildman–Crippen MR) is 98.2 cm³/mol. The van der Waals surface area contributed by atoms with Crippen LogP contribution in [-0.2, 0) is 11.3 Å². The molecule has 132 valence electrons. The fourth-order valence-corrected chi connectivity index (χ4v) is 2.63. The van der Waals surface area contributed by atoms with Crippen molar-refractivity contribution in [2.75, 3.05) is 0 Å². The first-order chi connectivity index (χ1) is 12.5. The molecule has 0 aliphatic rings. The predicted octanol–water partition coefficient (Wildman–Crippen LogP) is 1.41. The van der Waals surface area contributed by atoms with Gasteiger partial charge in [-0.1, -0.05) is 15.9 Å². The van der Waals surface area contributed by atoms with E-state index in [1.165, 1.54) is 17.1 Å². The average molecular weight is 416 g/mol. The van der Waals surface area contributed by atoms with Gasteiger partial charge in [0.25, 0.3) is 11.5 Å². The maximum Gasteiger partial charge on any atom is 0.271 e. The second-order valence-corrected chi connectivity index (χ2v) is 6.31. The Balaban J connectivity index is 1.59. The summed E-state index contributed by atoms with van der Waals surface area (Å²) in [5.41, 5.74) is 5.29. The number of aryl methyl sites for hydroxylation is 1. The van der Waals surface area contributed by atoms with E-state index < -0.39 is 11.8 Å². The third-order valence-electron chi connectivity index (χ3n) is 3.61. The number of pyridine rings is 1. The van der Waals surface area contributed by atoms with E-state index in [2.05, 4.69) is 36.7 Å². The monoisotopic (exact) mass is 415 g/mol. The van der Waals surface area contributed by atoms with Gasteiger partial charge in [-0.15, -0.1) is 0 Å². The highest BCUT2D eigenvalue weighted by Gasteiger charge is 2.09. The summed E-state index contributed by atoms with van der Waals surface area (Å²) in [6, 6.07) is 8.43. The van der Waals surface area contributed by atoms with E-state index in [0.29, 0.717) is 16.5 Å². The van der Waals surface area contributed by atoms with Gasteiger partial charge in [0.2, 0.25) is 5.91 Å². The van der Waals surface area contributed by atoms with Crippen LogP contribution in [-0.4, -0.2) is 26.3 Å². The van der Waals surface area contributed by atoms with Gasteiger partial charge in [-0.25, -0.2) is 4.98 Å². The third kappa shape index (κ3) is 4.12. The quantitative estimate of drug-likeness (QED) is 0.626. The molecule has 3 rings (SSSR count). The molecule has 0 aliphatic heterocycles. The van der Waals surface area contributed by atoms with Gasteiger partial charge in [-0.3, -0.25) is 34.8 Å². The number of hydrogen-bond acceptors (Lipinski definition) is 5. The number of rotatable bonds is 4. The van der Waals surface area contributed by atoms with E-state index >= 15 is 0 Å². The van der Waals surface area contributed by atoms with Crippen molar-refractivity contribution >= 4 is 38.6 Å². The lowest BCUT2D eigenvalue weighted by Crippen LogP contribution is -2.42. The summed E-state index contributed by atoms with van der Waals surface area (Å²) in [4.78, 5) is 44.2. The first-order valence-electron chi connectivity index (χ1n) is 7.68. The summed E-state index contributed by atoms with van der Waals surface area (Å²) >= 11 is 3.32. The molecule has 3 aromatic rings. The Bertz CT molecular complexity index is 1020. The molecule has 2 heterocycles. The van der Waals surface area contributed by atoms with Crippen LogP contribution in [0.15, 0.2) is 58.3 Å². The van der Waals surface area contributed by atoms with Crippen LogP contribution in [0.2, 0.25) is 0 Å². The maximum atomic E-state index is 12.4. The summed E-state index contributed by atoms with van der Waals surface area (Å²) in [7, 11) is 0. The summed E-state index contributed by atoms with van der Waals surface area (Å²) in [5, 5.41) is 0.465. The number of halogens is 1. The number of amides is 2. The van der Waals surface area contributed by atoms with Gasteiger partial charge in [0, 0.05) is 29.8 Å². The van der Waals surface area contributed by atoms with E-state index in [1.807, 2.05) is 0 Å². The minimum atomic E-state index is -0.471. The van der Waals surface area contributed by atoms with Crippen molar-refractivity contribution in [3.05, 3.63) is 69.4 Å².